The molecule has 5 heteroatoms. The van der Waals surface area contributed by atoms with Crippen LogP contribution in [0.4, 0.5) is 5.69 Å². The van der Waals surface area contributed by atoms with E-state index in [1.165, 1.54) is 57.1 Å². The van der Waals surface area contributed by atoms with Crippen LogP contribution >= 0.6 is 0 Å². The number of nitro groups is 1. The molecule has 0 aliphatic heterocycles. The molecule has 0 heterocycles. The van der Waals surface area contributed by atoms with Crippen LogP contribution in [0, 0.1) is 10.1 Å². The number of carboxylic acids is 1. The summed E-state index contributed by atoms with van der Waals surface area (Å²) in [6, 6.07) is 5.88. The topological polar surface area (TPSA) is 80.4 Å². The van der Waals surface area contributed by atoms with Crippen molar-refractivity contribution in [3.8, 4) is 0 Å². The smallest absolute Gasteiger partial charge is 0.310 e. The van der Waals surface area contributed by atoms with Crippen LogP contribution in [0.15, 0.2) is 36.4 Å². The number of carboxylic acid groups (broad SMARTS) is 1. The zero-order valence-corrected chi connectivity index (χ0v) is 17.9. The van der Waals surface area contributed by atoms with Gasteiger partial charge in [-0.1, -0.05) is 82.6 Å². The van der Waals surface area contributed by atoms with E-state index in [0.717, 1.165) is 32.1 Å². The Kier molecular flexibility index (Phi) is 13.5. The summed E-state index contributed by atoms with van der Waals surface area (Å²) in [5.74, 6) is -1.45. The van der Waals surface area contributed by atoms with Gasteiger partial charge in [0, 0.05) is 12.1 Å². The first-order chi connectivity index (χ1) is 14.1. The van der Waals surface area contributed by atoms with Gasteiger partial charge in [-0.2, -0.15) is 0 Å². The number of benzene rings is 1. The third-order valence-electron chi connectivity index (χ3n) is 5.31. The zero-order valence-electron chi connectivity index (χ0n) is 17.9. The Morgan fingerprint density at radius 1 is 0.931 bits per heavy atom. The Bertz CT molecular complexity index is 610. The molecule has 1 N–H and O–H groups in total. The van der Waals surface area contributed by atoms with Crippen LogP contribution in [0.1, 0.15) is 102 Å². The lowest BCUT2D eigenvalue weighted by atomic mass is 9.93. The molecule has 0 saturated heterocycles. The summed E-state index contributed by atoms with van der Waals surface area (Å²) in [5.41, 5.74) is 0.628. The molecule has 0 amide bonds. The Balaban J connectivity index is 2.13. The van der Waals surface area contributed by atoms with Gasteiger partial charge in [0.15, 0.2) is 0 Å². The standard InChI is InChI=1S/C24H37NO4/c1-2-3-4-5-6-7-8-9-10-11-12-13-14-15-16-23(24(26)27)21-17-19-22(20-18-21)25(28)29/h9-10,17-20,23H,2-8,11-16H2,1H3,(H,26,27)/b10-9+. The van der Waals surface area contributed by atoms with Crippen molar-refractivity contribution in [1.82, 2.24) is 0 Å². The van der Waals surface area contributed by atoms with Crippen LogP contribution < -0.4 is 0 Å². The van der Waals surface area contributed by atoms with Gasteiger partial charge in [-0.15, -0.1) is 0 Å². The van der Waals surface area contributed by atoms with Crippen molar-refractivity contribution in [2.75, 3.05) is 0 Å². The van der Waals surface area contributed by atoms with Gasteiger partial charge in [0.05, 0.1) is 10.8 Å². The van der Waals surface area contributed by atoms with Gasteiger partial charge in [0.25, 0.3) is 5.69 Å². The van der Waals surface area contributed by atoms with Crippen molar-refractivity contribution in [2.45, 2.75) is 96.3 Å². The van der Waals surface area contributed by atoms with Crippen LogP contribution in [0.2, 0.25) is 0 Å². The van der Waals surface area contributed by atoms with Crippen LogP contribution in [0.3, 0.4) is 0 Å². The highest BCUT2D eigenvalue weighted by Crippen LogP contribution is 2.25. The van der Waals surface area contributed by atoms with Gasteiger partial charge in [-0.05, 0) is 37.7 Å². The third-order valence-corrected chi connectivity index (χ3v) is 5.31. The van der Waals surface area contributed by atoms with E-state index >= 15 is 0 Å². The van der Waals surface area contributed by atoms with E-state index in [0.29, 0.717) is 12.0 Å². The number of allylic oxidation sites excluding steroid dienone is 2. The van der Waals surface area contributed by atoms with Crippen LogP contribution in [-0.4, -0.2) is 16.0 Å². The van der Waals surface area contributed by atoms with E-state index in [4.69, 9.17) is 0 Å². The lowest BCUT2D eigenvalue weighted by molar-refractivity contribution is -0.384. The minimum Gasteiger partial charge on any atom is -0.481 e. The Labute approximate surface area is 175 Å². The molecule has 29 heavy (non-hydrogen) atoms. The predicted octanol–water partition coefficient (Wildman–Crippen LogP) is 7.41. The highest BCUT2D eigenvalue weighted by Gasteiger charge is 2.20. The summed E-state index contributed by atoms with van der Waals surface area (Å²) in [6.07, 6.45) is 19.6. The number of aliphatic carboxylic acids is 1. The summed E-state index contributed by atoms with van der Waals surface area (Å²) in [7, 11) is 0. The van der Waals surface area contributed by atoms with E-state index in [1.54, 1.807) is 12.1 Å². The third kappa shape index (κ3) is 11.4. The van der Waals surface area contributed by atoms with E-state index in [-0.39, 0.29) is 5.69 Å². The molecule has 0 radical (unpaired) electrons. The molecule has 1 aromatic carbocycles. The van der Waals surface area contributed by atoms with Crippen LogP contribution in [-0.2, 0) is 4.79 Å². The summed E-state index contributed by atoms with van der Waals surface area (Å²) < 4.78 is 0. The Hall–Kier alpha value is -2.17. The molecule has 5 nitrogen and oxygen atoms in total. The Morgan fingerprint density at radius 3 is 1.97 bits per heavy atom. The van der Waals surface area contributed by atoms with Crippen LogP contribution in [0.5, 0.6) is 0 Å². The maximum absolute atomic E-state index is 11.5. The highest BCUT2D eigenvalue weighted by molar-refractivity contribution is 5.76. The summed E-state index contributed by atoms with van der Waals surface area (Å²) in [6.45, 7) is 2.24. The summed E-state index contributed by atoms with van der Waals surface area (Å²) >= 11 is 0. The van der Waals surface area contributed by atoms with Crippen molar-refractivity contribution in [2.24, 2.45) is 0 Å². The van der Waals surface area contributed by atoms with Crippen LogP contribution in [0.25, 0.3) is 0 Å². The maximum Gasteiger partial charge on any atom is 0.310 e. The molecule has 0 aromatic heterocycles. The predicted molar refractivity (Wildman–Crippen MR) is 118 cm³/mol. The number of rotatable bonds is 17. The number of carbonyl (C=O) groups is 1. The number of nitro benzene ring substituents is 1. The average molecular weight is 404 g/mol. The van der Waals surface area contributed by atoms with E-state index in [2.05, 4.69) is 19.1 Å². The fourth-order valence-corrected chi connectivity index (χ4v) is 3.50. The van der Waals surface area contributed by atoms with Crippen molar-refractivity contribution in [3.63, 3.8) is 0 Å². The average Bonchev–Trinajstić information content (AvgIpc) is 2.71. The van der Waals surface area contributed by atoms with Crippen molar-refractivity contribution >= 4 is 11.7 Å². The molecule has 1 rings (SSSR count). The van der Waals surface area contributed by atoms with Crippen molar-refractivity contribution in [1.29, 1.82) is 0 Å². The lowest BCUT2D eigenvalue weighted by Gasteiger charge is -2.12. The van der Waals surface area contributed by atoms with Gasteiger partial charge >= 0.3 is 5.97 Å². The minimum atomic E-state index is -0.864. The normalized spacial score (nSPS) is 12.3. The molecule has 1 aromatic rings. The van der Waals surface area contributed by atoms with E-state index < -0.39 is 16.8 Å². The minimum absolute atomic E-state index is 0.0116. The SMILES string of the molecule is CCCCCCCC/C=C/CCCCCCC(C(=O)O)c1ccc([N+](=O)[O-])cc1. The fraction of sp³-hybridized carbons (Fsp3) is 0.625. The maximum atomic E-state index is 11.5. The number of nitrogens with zero attached hydrogens (tertiary/aromatic N) is 1. The molecule has 162 valence electrons. The molecule has 0 spiro atoms. The molecular formula is C24H37NO4. The fourth-order valence-electron chi connectivity index (χ4n) is 3.50. The van der Waals surface area contributed by atoms with Gasteiger partial charge in [0.2, 0.25) is 0 Å². The van der Waals surface area contributed by atoms with E-state index in [9.17, 15) is 20.0 Å². The highest BCUT2D eigenvalue weighted by atomic mass is 16.6. The van der Waals surface area contributed by atoms with Gasteiger partial charge < -0.3 is 5.11 Å². The number of hydrogen-bond donors (Lipinski definition) is 1. The molecule has 0 aliphatic rings. The largest absolute Gasteiger partial charge is 0.481 e. The van der Waals surface area contributed by atoms with Gasteiger partial charge in [0.1, 0.15) is 0 Å². The Morgan fingerprint density at radius 2 is 1.45 bits per heavy atom. The second-order valence-electron chi connectivity index (χ2n) is 7.76. The van der Waals surface area contributed by atoms with E-state index in [1.807, 2.05) is 0 Å². The number of non-ortho nitro benzene ring substituents is 1. The number of unbranched alkanes of at least 4 members (excludes halogenated alkanes) is 10. The molecule has 1 atom stereocenters. The molecule has 0 aliphatic carbocycles. The molecule has 0 bridgehead atoms. The second kappa shape index (κ2) is 15.7. The second-order valence-corrected chi connectivity index (χ2v) is 7.76. The quantitative estimate of drug-likeness (QED) is 0.127. The molecule has 0 fully saturated rings. The van der Waals surface area contributed by atoms with Crippen molar-refractivity contribution in [3.05, 3.63) is 52.1 Å². The van der Waals surface area contributed by atoms with Gasteiger partial charge in [-0.3, -0.25) is 14.9 Å². The van der Waals surface area contributed by atoms with Crippen molar-refractivity contribution < 1.29 is 14.8 Å². The molecule has 0 saturated carbocycles. The molecule has 1 unspecified atom stereocenters. The first-order valence-corrected chi connectivity index (χ1v) is 11.2. The summed E-state index contributed by atoms with van der Waals surface area (Å²) in [4.78, 5) is 21.8. The first kappa shape index (κ1) is 24.9. The summed E-state index contributed by atoms with van der Waals surface area (Å²) in [5, 5.41) is 20.2. The number of hydrogen-bond acceptors (Lipinski definition) is 3. The van der Waals surface area contributed by atoms with Gasteiger partial charge in [-0.25, -0.2) is 0 Å². The molecular weight excluding hydrogens is 366 g/mol. The lowest BCUT2D eigenvalue weighted by Crippen LogP contribution is -2.11. The first-order valence-electron chi connectivity index (χ1n) is 11.2. The monoisotopic (exact) mass is 403 g/mol. The zero-order chi connectivity index (χ0) is 21.3.